The molecule has 8 heteroatoms. The van der Waals surface area contributed by atoms with Gasteiger partial charge in [-0.2, -0.15) is 9.40 Å². The van der Waals surface area contributed by atoms with Gasteiger partial charge in [-0.3, -0.25) is 4.68 Å². The SMILES string of the molecule is CCN(CC)c1nn(Cc2ccc(F)cc2)c2ccc(S(=O)(=O)N(CC(C)C)CC(C)C)cc12. The molecule has 1 aromatic heterocycles. The van der Waals surface area contributed by atoms with E-state index in [9.17, 15) is 12.8 Å². The van der Waals surface area contributed by atoms with E-state index in [1.165, 1.54) is 12.1 Å². The molecule has 3 rings (SSSR count). The highest BCUT2D eigenvalue weighted by Gasteiger charge is 2.27. The van der Waals surface area contributed by atoms with E-state index in [0.29, 0.717) is 19.6 Å². The molecule has 0 saturated carbocycles. The Morgan fingerprint density at radius 3 is 2.06 bits per heavy atom. The van der Waals surface area contributed by atoms with Crippen LogP contribution in [0.1, 0.15) is 47.1 Å². The third-order valence-corrected chi connectivity index (χ3v) is 7.61. The molecule has 0 radical (unpaired) electrons. The smallest absolute Gasteiger partial charge is 0.243 e. The maximum atomic E-state index is 13.6. The molecule has 0 spiro atoms. The van der Waals surface area contributed by atoms with Crippen LogP contribution in [0.5, 0.6) is 0 Å². The lowest BCUT2D eigenvalue weighted by molar-refractivity contribution is 0.333. The molecule has 0 aliphatic heterocycles. The third-order valence-electron chi connectivity index (χ3n) is 5.79. The minimum Gasteiger partial charge on any atom is -0.355 e. The summed E-state index contributed by atoms with van der Waals surface area (Å²) < 4.78 is 44.1. The lowest BCUT2D eigenvalue weighted by atomic mass is 10.2. The Morgan fingerprint density at radius 2 is 1.53 bits per heavy atom. The fraction of sp³-hybridized carbons (Fsp3) is 0.500. The number of nitrogens with zero attached hydrogens (tertiary/aromatic N) is 4. The van der Waals surface area contributed by atoms with Crippen molar-refractivity contribution in [2.45, 2.75) is 53.0 Å². The molecule has 34 heavy (non-hydrogen) atoms. The van der Waals surface area contributed by atoms with Crippen molar-refractivity contribution in [3.05, 3.63) is 53.8 Å². The number of sulfonamides is 1. The Kier molecular flexibility index (Phi) is 8.36. The average Bonchev–Trinajstić information content (AvgIpc) is 3.13. The van der Waals surface area contributed by atoms with Gasteiger partial charge in [-0.15, -0.1) is 0 Å². The molecule has 0 saturated heterocycles. The van der Waals surface area contributed by atoms with Crippen LogP contribution in [0.3, 0.4) is 0 Å². The Morgan fingerprint density at radius 1 is 0.941 bits per heavy atom. The second-order valence-electron chi connectivity index (χ2n) is 9.57. The first-order valence-corrected chi connectivity index (χ1v) is 13.5. The summed E-state index contributed by atoms with van der Waals surface area (Å²) in [4.78, 5) is 2.41. The maximum absolute atomic E-state index is 13.6. The zero-order valence-electron chi connectivity index (χ0n) is 21.1. The average molecular weight is 489 g/mol. The Balaban J connectivity index is 2.12. The van der Waals surface area contributed by atoms with E-state index >= 15 is 0 Å². The van der Waals surface area contributed by atoms with Crippen LogP contribution in [0.25, 0.3) is 10.9 Å². The summed E-state index contributed by atoms with van der Waals surface area (Å²) in [6.45, 7) is 15.2. The summed E-state index contributed by atoms with van der Waals surface area (Å²) in [6.07, 6.45) is 0. The summed E-state index contributed by atoms with van der Waals surface area (Å²) in [7, 11) is -3.66. The van der Waals surface area contributed by atoms with E-state index in [1.807, 2.05) is 38.4 Å². The van der Waals surface area contributed by atoms with Gasteiger partial charge in [0, 0.05) is 31.6 Å². The van der Waals surface area contributed by atoms with Crippen molar-refractivity contribution in [3.8, 4) is 0 Å². The summed E-state index contributed by atoms with van der Waals surface area (Å²) >= 11 is 0. The topological polar surface area (TPSA) is 58.4 Å². The molecule has 186 valence electrons. The summed E-state index contributed by atoms with van der Waals surface area (Å²) in [6, 6.07) is 11.7. The molecule has 0 fully saturated rings. The number of rotatable bonds is 11. The van der Waals surface area contributed by atoms with E-state index < -0.39 is 10.0 Å². The van der Waals surface area contributed by atoms with Crippen molar-refractivity contribution < 1.29 is 12.8 Å². The lowest BCUT2D eigenvalue weighted by Gasteiger charge is -2.26. The number of aromatic nitrogens is 2. The van der Waals surface area contributed by atoms with Gasteiger partial charge in [-0.1, -0.05) is 39.8 Å². The fourth-order valence-corrected chi connectivity index (χ4v) is 5.97. The predicted octanol–water partition coefficient (Wildman–Crippen LogP) is 5.37. The number of fused-ring (bicyclic) bond motifs is 1. The van der Waals surface area contributed by atoms with E-state index in [-0.39, 0.29) is 22.5 Å². The number of benzene rings is 2. The minimum atomic E-state index is -3.66. The van der Waals surface area contributed by atoms with Gasteiger partial charge in [0.2, 0.25) is 10.0 Å². The van der Waals surface area contributed by atoms with Gasteiger partial charge >= 0.3 is 0 Å². The van der Waals surface area contributed by atoms with Crippen LogP contribution in [-0.4, -0.2) is 48.7 Å². The van der Waals surface area contributed by atoms with Crippen LogP contribution in [-0.2, 0) is 16.6 Å². The number of anilines is 1. The van der Waals surface area contributed by atoms with Gasteiger partial charge in [0.25, 0.3) is 0 Å². The van der Waals surface area contributed by atoms with E-state index in [2.05, 4.69) is 18.7 Å². The number of hydrogen-bond acceptors (Lipinski definition) is 4. The zero-order valence-corrected chi connectivity index (χ0v) is 21.9. The van der Waals surface area contributed by atoms with Gasteiger partial charge in [0.15, 0.2) is 5.82 Å². The highest BCUT2D eigenvalue weighted by molar-refractivity contribution is 7.89. The largest absolute Gasteiger partial charge is 0.355 e. The van der Waals surface area contributed by atoms with E-state index in [1.54, 1.807) is 28.6 Å². The van der Waals surface area contributed by atoms with Crippen molar-refractivity contribution in [1.82, 2.24) is 14.1 Å². The Bertz CT molecular complexity index is 1190. The minimum absolute atomic E-state index is 0.224. The van der Waals surface area contributed by atoms with E-state index in [4.69, 9.17) is 5.10 Å². The molecule has 2 aromatic carbocycles. The summed E-state index contributed by atoms with van der Waals surface area (Å²) in [5, 5.41) is 5.66. The summed E-state index contributed by atoms with van der Waals surface area (Å²) in [5.74, 6) is 0.933. The van der Waals surface area contributed by atoms with Crippen LogP contribution in [0.4, 0.5) is 10.2 Å². The van der Waals surface area contributed by atoms with Crippen molar-refractivity contribution in [3.63, 3.8) is 0 Å². The molecule has 0 N–H and O–H groups in total. The van der Waals surface area contributed by atoms with Gasteiger partial charge in [0.05, 0.1) is 17.0 Å². The summed E-state index contributed by atoms with van der Waals surface area (Å²) in [5.41, 5.74) is 1.78. The molecular formula is C26H37FN4O2S. The predicted molar refractivity (Wildman–Crippen MR) is 137 cm³/mol. The molecule has 0 amide bonds. The normalized spacial score (nSPS) is 12.4. The highest BCUT2D eigenvalue weighted by atomic mass is 32.2. The monoisotopic (exact) mass is 488 g/mol. The molecule has 0 unspecified atom stereocenters. The van der Waals surface area contributed by atoms with Crippen LogP contribution in [0.15, 0.2) is 47.4 Å². The first kappa shape index (κ1) is 26.2. The van der Waals surface area contributed by atoms with Gasteiger partial charge in [-0.05, 0) is 61.6 Å². The fourth-order valence-electron chi connectivity index (χ4n) is 4.18. The first-order chi connectivity index (χ1) is 16.1. The first-order valence-electron chi connectivity index (χ1n) is 12.1. The van der Waals surface area contributed by atoms with Crippen LogP contribution < -0.4 is 4.90 Å². The van der Waals surface area contributed by atoms with Crippen molar-refractivity contribution in [2.75, 3.05) is 31.1 Å². The molecule has 0 atom stereocenters. The van der Waals surface area contributed by atoms with Crippen molar-refractivity contribution >= 4 is 26.7 Å². The van der Waals surface area contributed by atoms with Crippen LogP contribution in [0.2, 0.25) is 0 Å². The van der Waals surface area contributed by atoms with Crippen LogP contribution in [0, 0.1) is 17.7 Å². The van der Waals surface area contributed by atoms with Gasteiger partial charge < -0.3 is 4.90 Å². The molecule has 1 heterocycles. The molecular weight excluding hydrogens is 451 g/mol. The second kappa shape index (κ2) is 10.9. The lowest BCUT2D eigenvalue weighted by Crippen LogP contribution is -2.37. The van der Waals surface area contributed by atoms with Gasteiger partial charge in [0.1, 0.15) is 5.82 Å². The second-order valence-corrected chi connectivity index (χ2v) is 11.5. The Labute approximate surface area is 203 Å². The molecule has 0 aliphatic carbocycles. The molecule has 0 aliphatic rings. The van der Waals surface area contributed by atoms with Crippen LogP contribution >= 0.6 is 0 Å². The Hall–Kier alpha value is -2.45. The molecule has 3 aromatic rings. The molecule has 0 bridgehead atoms. The highest BCUT2D eigenvalue weighted by Crippen LogP contribution is 2.31. The number of halogens is 1. The zero-order chi connectivity index (χ0) is 25.0. The van der Waals surface area contributed by atoms with Crippen molar-refractivity contribution in [1.29, 1.82) is 0 Å². The standard InChI is InChI=1S/C26H37FN4O2S/c1-7-29(8-2)26-24-15-23(34(32,33)30(16-19(3)4)17-20(5)6)13-14-25(24)31(28-26)18-21-9-11-22(27)12-10-21/h9-15,19-20H,7-8,16-18H2,1-6H3. The number of hydrogen-bond donors (Lipinski definition) is 0. The van der Waals surface area contributed by atoms with Crippen molar-refractivity contribution in [2.24, 2.45) is 11.8 Å². The quantitative estimate of drug-likeness (QED) is 0.364. The van der Waals surface area contributed by atoms with E-state index in [0.717, 1.165) is 35.4 Å². The molecule has 6 nitrogen and oxygen atoms in total. The van der Waals surface area contributed by atoms with Gasteiger partial charge in [-0.25, -0.2) is 12.8 Å². The maximum Gasteiger partial charge on any atom is 0.243 e. The third kappa shape index (κ3) is 5.78.